The fourth-order valence-corrected chi connectivity index (χ4v) is 2.43. The molecule has 1 saturated heterocycles. The number of piperidine rings is 1. The molecular weight excluding hydrogens is 244 g/mol. The Morgan fingerprint density at radius 2 is 1.89 bits per heavy atom. The minimum atomic E-state index is -0.740. The Morgan fingerprint density at radius 3 is 2.47 bits per heavy atom. The van der Waals surface area contributed by atoms with Crippen LogP contribution in [0.2, 0.25) is 0 Å². The molecule has 0 aliphatic carbocycles. The topological polar surface area (TPSA) is 70.5 Å². The number of carbonyl (C=O) groups is 2. The predicted molar refractivity (Wildman–Crippen MR) is 69.7 cm³/mol. The molecule has 0 atom stereocenters. The fraction of sp³-hybridized carbons (Fsp3) is 0.500. The van der Waals surface area contributed by atoms with Gasteiger partial charge in [-0.15, -0.1) is 0 Å². The molecule has 0 unspecified atom stereocenters. The first-order valence-corrected chi connectivity index (χ1v) is 6.58. The zero-order valence-electron chi connectivity index (χ0n) is 10.8. The van der Waals surface area contributed by atoms with Crippen LogP contribution >= 0.6 is 0 Å². The number of carbonyl (C=O) groups excluding carboxylic acids is 1. The normalized spacial score (nSPS) is 16.3. The first-order chi connectivity index (χ1) is 9.16. The summed E-state index contributed by atoms with van der Waals surface area (Å²) in [6, 6.07) is 3.44. The zero-order valence-corrected chi connectivity index (χ0v) is 10.8. The van der Waals surface area contributed by atoms with Gasteiger partial charge in [0.25, 0.3) is 5.91 Å². The van der Waals surface area contributed by atoms with Gasteiger partial charge in [-0.05, 0) is 37.3 Å². The lowest BCUT2D eigenvalue weighted by Crippen LogP contribution is -2.38. The van der Waals surface area contributed by atoms with Crippen LogP contribution in [0.5, 0.6) is 0 Å². The van der Waals surface area contributed by atoms with Gasteiger partial charge in [0.2, 0.25) is 0 Å². The third kappa shape index (κ3) is 3.77. The molecule has 1 aromatic heterocycles. The van der Waals surface area contributed by atoms with Crippen LogP contribution in [0.15, 0.2) is 24.5 Å². The predicted octanol–water partition coefficient (Wildman–Crippen LogP) is 1.80. The van der Waals surface area contributed by atoms with E-state index in [2.05, 4.69) is 4.98 Å². The number of carboxylic acids is 1. The van der Waals surface area contributed by atoms with Gasteiger partial charge in [-0.2, -0.15) is 0 Å². The number of carboxylic acid groups (broad SMARTS) is 1. The second-order valence-corrected chi connectivity index (χ2v) is 4.90. The van der Waals surface area contributed by atoms with Crippen molar-refractivity contribution in [2.45, 2.75) is 25.7 Å². The second-order valence-electron chi connectivity index (χ2n) is 4.90. The van der Waals surface area contributed by atoms with Gasteiger partial charge in [0.1, 0.15) is 0 Å². The van der Waals surface area contributed by atoms with E-state index in [0.29, 0.717) is 31.0 Å². The Hall–Kier alpha value is -1.91. The maximum absolute atomic E-state index is 12.2. The highest BCUT2D eigenvalue weighted by Gasteiger charge is 2.23. The van der Waals surface area contributed by atoms with Gasteiger partial charge in [0.15, 0.2) is 0 Å². The summed E-state index contributed by atoms with van der Waals surface area (Å²) in [5.41, 5.74) is 0.666. The highest BCUT2D eigenvalue weighted by molar-refractivity contribution is 5.94. The van der Waals surface area contributed by atoms with E-state index < -0.39 is 5.97 Å². The number of aliphatic carboxylic acids is 1. The minimum absolute atomic E-state index is 0.0408. The van der Waals surface area contributed by atoms with Crippen molar-refractivity contribution in [1.82, 2.24) is 9.88 Å². The summed E-state index contributed by atoms with van der Waals surface area (Å²) in [6.45, 7) is 1.43. The van der Waals surface area contributed by atoms with Gasteiger partial charge < -0.3 is 10.0 Å². The standard InChI is InChI=1S/C14H18N2O3/c17-13(18)2-1-11-5-9-16(10-6-11)14(19)12-3-7-15-8-4-12/h3-4,7-8,11H,1-2,5-6,9-10H2,(H,17,18). The third-order valence-corrected chi connectivity index (χ3v) is 3.60. The highest BCUT2D eigenvalue weighted by Crippen LogP contribution is 2.22. The molecule has 0 spiro atoms. The summed E-state index contributed by atoms with van der Waals surface area (Å²) in [5, 5.41) is 8.66. The van der Waals surface area contributed by atoms with E-state index in [4.69, 9.17) is 5.11 Å². The van der Waals surface area contributed by atoms with Crippen molar-refractivity contribution >= 4 is 11.9 Å². The van der Waals surface area contributed by atoms with Crippen LogP contribution < -0.4 is 0 Å². The van der Waals surface area contributed by atoms with E-state index >= 15 is 0 Å². The Bertz CT molecular complexity index is 439. The van der Waals surface area contributed by atoms with Crippen molar-refractivity contribution in [3.63, 3.8) is 0 Å². The number of hydrogen-bond donors (Lipinski definition) is 1. The molecule has 1 fully saturated rings. The van der Waals surface area contributed by atoms with Gasteiger partial charge in [-0.25, -0.2) is 0 Å². The van der Waals surface area contributed by atoms with Crippen molar-refractivity contribution < 1.29 is 14.7 Å². The van der Waals surface area contributed by atoms with Crippen LogP contribution in [0.4, 0.5) is 0 Å². The molecule has 5 heteroatoms. The van der Waals surface area contributed by atoms with Gasteiger partial charge in [-0.1, -0.05) is 0 Å². The molecule has 1 aromatic rings. The van der Waals surface area contributed by atoms with Gasteiger partial charge >= 0.3 is 5.97 Å². The van der Waals surface area contributed by atoms with Crippen molar-refractivity contribution in [1.29, 1.82) is 0 Å². The molecule has 1 amide bonds. The number of rotatable bonds is 4. The van der Waals surface area contributed by atoms with Gasteiger partial charge in [0.05, 0.1) is 0 Å². The summed E-state index contributed by atoms with van der Waals surface area (Å²) in [7, 11) is 0. The van der Waals surface area contributed by atoms with Crippen molar-refractivity contribution in [3.05, 3.63) is 30.1 Å². The summed E-state index contributed by atoms with van der Waals surface area (Å²) >= 11 is 0. The monoisotopic (exact) mass is 262 g/mol. The number of pyridine rings is 1. The Balaban J connectivity index is 1.83. The van der Waals surface area contributed by atoms with Crippen LogP contribution in [0.1, 0.15) is 36.0 Å². The van der Waals surface area contributed by atoms with E-state index in [1.165, 1.54) is 0 Å². The average Bonchev–Trinajstić information content (AvgIpc) is 2.46. The first-order valence-electron chi connectivity index (χ1n) is 6.58. The summed E-state index contributed by atoms with van der Waals surface area (Å²) in [6.07, 6.45) is 5.96. The number of aromatic nitrogens is 1. The minimum Gasteiger partial charge on any atom is -0.481 e. The zero-order chi connectivity index (χ0) is 13.7. The molecule has 1 aliphatic heterocycles. The van der Waals surface area contributed by atoms with Crippen LogP contribution in [0.25, 0.3) is 0 Å². The average molecular weight is 262 g/mol. The molecule has 5 nitrogen and oxygen atoms in total. The van der Waals surface area contributed by atoms with E-state index in [1.807, 2.05) is 4.90 Å². The maximum Gasteiger partial charge on any atom is 0.303 e. The third-order valence-electron chi connectivity index (χ3n) is 3.60. The van der Waals surface area contributed by atoms with Gasteiger partial charge in [-0.3, -0.25) is 14.6 Å². The van der Waals surface area contributed by atoms with E-state index in [1.54, 1.807) is 24.5 Å². The quantitative estimate of drug-likeness (QED) is 0.898. The van der Waals surface area contributed by atoms with Crippen molar-refractivity contribution in [3.8, 4) is 0 Å². The SMILES string of the molecule is O=C(O)CCC1CCN(C(=O)c2ccncc2)CC1. The summed E-state index contributed by atoms with van der Waals surface area (Å²) in [5.74, 6) is -0.271. The lowest BCUT2D eigenvalue weighted by atomic mass is 9.92. The van der Waals surface area contributed by atoms with E-state index in [-0.39, 0.29) is 12.3 Å². The molecule has 0 bridgehead atoms. The molecule has 19 heavy (non-hydrogen) atoms. The summed E-state index contributed by atoms with van der Waals surface area (Å²) in [4.78, 5) is 28.4. The van der Waals surface area contributed by atoms with Gasteiger partial charge in [0, 0.05) is 37.5 Å². The lowest BCUT2D eigenvalue weighted by molar-refractivity contribution is -0.137. The molecule has 102 valence electrons. The smallest absolute Gasteiger partial charge is 0.303 e. The van der Waals surface area contributed by atoms with E-state index in [0.717, 1.165) is 12.8 Å². The highest BCUT2D eigenvalue weighted by atomic mass is 16.4. The number of amides is 1. The number of nitrogens with zero attached hydrogens (tertiary/aromatic N) is 2. The van der Waals surface area contributed by atoms with E-state index in [9.17, 15) is 9.59 Å². The van der Waals surface area contributed by atoms with Crippen LogP contribution in [0.3, 0.4) is 0 Å². The lowest BCUT2D eigenvalue weighted by Gasteiger charge is -2.31. The van der Waals surface area contributed by atoms with Crippen molar-refractivity contribution in [2.24, 2.45) is 5.92 Å². The maximum atomic E-state index is 12.2. The Kier molecular flexibility index (Phi) is 4.49. The van der Waals surface area contributed by atoms with Crippen LogP contribution in [0, 0.1) is 5.92 Å². The molecule has 1 aliphatic rings. The number of likely N-dealkylation sites (tertiary alicyclic amines) is 1. The second kappa shape index (κ2) is 6.31. The molecule has 0 aromatic carbocycles. The molecule has 1 N–H and O–H groups in total. The first kappa shape index (κ1) is 13.5. The fourth-order valence-electron chi connectivity index (χ4n) is 2.43. The van der Waals surface area contributed by atoms with Crippen LogP contribution in [-0.4, -0.2) is 40.0 Å². The molecular formula is C14H18N2O3. The molecule has 0 radical (unpaired) electrons. The molecule has 2 heterocycles. The van der Waals surface area contributed by atoms with Crippen LogP contribution in [-0.2, 0) is 4.79 Å². The molecule has 2 rings (SSSR count). The summed E-state index contributed by atoms with van der Waals surface area (Å²) < 4.78 is 0. The molecule has 0 saturated carbocycles. The largest absolute Gasteiger partial charge is 0.481 e. The Morgan fingerprint density at radius 1 is 1.26 bits per heavy atom. The Labute approximate surface area is 112 Å². The number of hydrogen-bond acceptors (Lipinski definition) is 3. The van der Waals surface area contributed by atoms with Crippen molar-refractivity contribution in [2.75, 3.05) is 13.1 Å².